The molecule has 0 spiro atoms. The van der Waals surface area contributed by atoms with Crippen molar-refractivity contribution < 1.29 is 24.6 Å². The van der Waals surface area contributed by atoms with Gasteiger partial charge in [0.2, 0.25) is 0 Å². The summed E-state index contributed by atoms with van der Waals surface area (Å²) in [7, 11) is 0. The van der Waals surface area contributed by atoms with Gasteiger partial charge in [0.1, 0.15) is 6.33 Å². The lowest BCUT2D eigenvalue weighted by atomic mass is 10.1. The fraction of sp³-hybridized carbons (Fsp3) is 0.381. The number of carbonyl (C=O) groups excluding carboxylic acids is 1. The Morgan fingerprint density at radius 1 is 0.897 bits per heavy atom. The van der Waals surface area contributed by atoms with Crippen molar-refractivity contribution in [2.75, 3.05) is 13.1 Å². The second-order valence-corrected chi connectivity index (χ2v) is 6.91. The van der Waals surface area contributed by atoms with E-state index in [1.165, 1.54) is 24.9 Å². The lowest BCUT2D eigenvalue weighted by Gasteiger charge is -2.27. The molecule has 1 saturated heterocycles. The fourth-order valence-corrected chi connectivity index (χ4v) is 3.14. The maximum absolute atomic E-state index is 12.3. The molecule has 0 atom stereocenters. The molecule has 1 aliphatic heterocycles. The Kier molecular flexibility index (Phi) is 7.41. The van der Waals surface area contributed by atoms with Crippen molar-refractivity contribution in [3.63, 3.8) is 0 Å². The Balaban J connectivity index is 0.000000212. The van der Waals surface area contributed by atoms with Gasteiger partial charge in [-0.1, -0.05) is 6.07 Å². The molecule has 0 unspecified atom stereocenters. The largest absolute Gasteiger partial charge is 0.478 e. The van der Waals surface area contributed by atoms with E-state index in [0.29, 0.717) is 11.1 Å². The molecular formula is C21H25N3O5. The van der Waals surface area contributed by atoms with Crippen LogP contribution in [-0.4, -0.2) is 56.0 Å². The van der Waals surface area contributed by atoms with Gasteiger partial charge in [-0.15, -0.1) is 0 Å². The predicted octanol–water partition coefficient (Wildman–Crippen LogP) is 3.11. The van der Waals surface area contributed by atoms with E-state index in [9.17, 15) is 14.4 Å². The van der Waals surface area contributed by atoms with Gasteiger partial charge in [0, 0.05) is 13.1 Å². The van der Waals surface area contributed by atoms with Gasteiger partial charge in [0.05, 0.1) is 28.1 Å². The first-order chi connectivity index (χ1) is 13.7. The van der Waals surface area contributed by atoms with Gasteiger partial charge in [0.15, 0.2) is 0 Å². The van der Waals surface area contributed by atoms with Crippen LogP contribution in [0.3, 0.4) is 0 Å². The first kappa shape index (κ1) is 22.0. The number of benzene rings is 1. The number of aromatic carboxylic acids is 2. The molecule has 2 heterocycles. The second-order valence-electron chi connectivity index (χ2n) is 6.91. The van der Waals surface area contributed by atoms with E-state index in [4.69, 9.17) is 10.2 Å². The van der Waals surface area contributed by atoms with Gasteiger partial charge in [-0.2, -0.15) is 0 Å². The third kappa shape index (κ3) is 5.60. The zero-order valence-corrected chi connectivity index (χ0v) is 16.8. The van der Waals surface area contributed by atoms with E-state index in [1.807, 2.05) is 18.7 Å². The molecule has 1 amide bonds. The van der Waals surface area contributed by atoms with E-state index >= 15 is 0 Å². The van der Waals surface area contributed by atoms with Crippen LogP contribution in [0.1, 0.15) is 67.3 Å². The van der Waals surface area contributed by atoms with Crippen molar-refractivity contribution in [1.29, 1.82) is 0 Å². The summed E-state index contributed by atoms with van der Waals surface area (Å²) in [4.78, 5) is 43.5. The van der Waals surface area contributed by atoms with Crippen molar-refractivity contribution in [2.24, 2.45) is 0 Å². The molecule has 0 aliphatic carbocycles. The summed E-state index contributed by atoms with van der Waals surface area (Å²) in [6.45, 7) is 7.09. The van der Waals surface area contributed by atoms with Crippen LogP contribution in [-0.2, 0) is 0 Å². The van der Waals surface area contributed by atoms with Crippen LogP contribution in [0.15, 0.2) is 24.5 Å². The van der Waals surface area contributed by atoms with Gasteiger partial charge < -0.3 is 15.1 Å². The summed E-state index contributed by atoms with van der Waals surface area (Å²) < 4.78 is 0. The average molecular weight is 399 g/mol. The van der Waals surface area contributed by atoms with Gasteiger partial charge in [-0.3, -0.25) is 4.79 Å². The monoisotopic (exact) mass is 399 g/mol. The maximum Gasteiger partial charge on any atom is 0.335 e. The van der Waals surface area contributed by atoms with Crippen LogP contribution in [0.2, 0.25) is 0 Å². The summed E-state index contributed by atoms with van der Waals surface area (Å²) in [6, 6.07) is 4.01. The molecule has 0 bridgehead atoms. The molecule has 1 aromatic carbocycles. The molecular weight excluding hydrogens is 374 g/mol. The molecule has 2 aromatic rings. The number of hydrogen-bond donors (Lipinski definition) is 2. The molecule has 8 nitrogen and oxygen atoms in total. The number of hydrogen-bond acceptors (Lipinski definition) is 5. The highest BCUT2D eigenvalue weighted by atomic mass is 16.4. The van der Waals surface area contributed by atoms with Gasteiger partial charge in [-0.05, 0) is 57.7 Å². The van der Waals surface area contributed by atoms with Gasteiger partial charge in [-0.25, -0.2) is 19.6 Å². The summed E-state index contributed by atoms with van der Waals surface area (Å²) in [5.74, 6) is -2.14. The zero-order valence-electron chi connectivity index (χ0n) is 16.8. The number of rotatable bonds is 3. The minimum atomic E-state index is -1.12. The van der Waals surface area contributed by atoms with Crippen molar-refractivity contribution in [2.45, 2.75) is 40.0 Å². The smallest absolute Gasteiger partial charge is 0.335 e. The molecule has 1 aromatic heterocycles. The lowest BCUT2D eigenvalue weighted by Crippen LogP contribution is -2.36. The summed E-state index contributed by atoms with van der Waals surface area (Å²) >= 11 is 0. The summed E-state index contributed by atoms with van der Waals surface area (Å²) in [5, 5.41) is 17.3. The highest BCUT2D eigenvalue weighted by Gasteiger charge is 2.22. The first-order valence-corrected chi connectivity index (χ1v) is 9.37. The van der Waals surface area contributed by atoms with Crippen molar-refractivity contribution >= 4 is 17.8 Å². The van der Waals surface area contributed by atoms with Crippen molar-refractivity contribution in [1.82, 2.24) is 14.9 Å². The highest BCUT2D eigenvalue weighted by Crippen LogP contribution is 2.16. The lowest BCUT2D eigenvalue weighted by molar-refractivity contribution is 0.0692. The molecule has 154 valence electrons. The van der Waals surface area contributed by atoms with Crippen molar-refractivity contribution in [3.8, 4) is 0 Å². The highest BCUT2D eigenvalue weighted by molar-refractivity contribution is 5.96. The number of carboxylic acids is 2. The number of carboxylic acid groups (broad SMARTS) is 2. The Labute approximate surface area is 169 Å². The molecule has 2 N–H and O–H groups in total. The van der Waals surface area contributed by atoms with Crippen molar-refractivity contribution in [3.05, 3.63) is 58.2 Å². The molecule has 1 fully saturated rings. The standard InChI is InChI=1S/C12H17N3O.C9H8O4/c1-9-11(10(2)14-8-13-9)12(16)15-6-4-3-5-7-15;1-5-2-3-6(8(10)11)4-7(5)9(12)13/h8H,3-7H2,1-2H3;2-4H,1H3,(H,10,11)(H,12,13). The van der Waals surface area contributed by atoms with E-state index in [0.717, 1.165) is 43.4 Å². The number of carbonyl (C=O) groups is 3. The number of amides is 1. The van der Waals surface area contributed by atoms with E-state index in [1.54, 1.807) is 6.92 Å². The molecule has 8 heteroatoms. The quantitative estimate of drug-likeness (QED) is 0.813. The molecule has 0 radical (unpaired) electrons. The van der Waals surface area contributed by atoms with E-state index in [-0.39, 0.29) is 17.0 Å². The molecule has 1 aliphatic rings. The summed E-state index contributed by atoms with van der Waals surface area (Å²) in [6.07, 6.45) is 4.96. The van der Waals surface area contributed by atoms with Gasteiger partial charge >= 0.3 is 11.9 Å². The normalized spacial score (nSPS) is 13.3. The van der Waals surface area contributed by atoms with E-state index in [2.05, 4.69) is 9.97 Å². The first-order valence-electron chi connectivity index (χ1n) is 9.37. The number of aryl methyl sites for hydroxylation is 3. The topological polar surface area (TPSA) is 121 Å². The number of piperidine rings is 1. The molecule has 3 rings (SSSR count). The third-order valence-corrected chi connectivity index (χ3v) is 4.80. The average Bonchev–Trinajstić information content (AvgIpc) is 2.69. The van der Waals surface area contributed by atoms with Crippen LogP contribution in [0.5, 0.6) is 0 Å². The minimum absolute atomic E-state index is 0.0111. The number of likely N-dealkylation sites (tertiary alicyclic amines) is 1. The fourth-order valence-electron chi connectivity index (χ4n) is 3.14. The van der Waals surface area contributed by atoms with Gasteiger partial charge in [0.25, 0.3) is 5.91 Å². The molecule has 29 heavy (non-hydrogen) atoms. The molecule has 0 saturated carbocycles. The van der Waals surface area contributed by atoms with Crippen LogP contribution in [0.4, 0.5) is 0 Å². The second kappa shape index (κ2) is 9.77. The minimum Gasteiger partial charge on any atom is -0.478 e. The van der Waals surface area contributed by atoms with Crippen LogP contribution in [0.25, 0.3) is 0 Å². The number of aromatic nitrogens is 2. The zero-order chi connectivity index (χ0) is 21.6. The third-order valence-electron chi connectivity index (χ3n) is 4.80. The Morgan fingerprint density at radius 3 is 2.00 bits per heavy atom. The SMILES string of the molecule is Cc1ccc(C(=O)O)cc1C(=O)O.Cc1ncnc(C)c1C(=O)N1CCCCC1. The Hall–Kier alpha value is -3.29. The van der Waals surface area contributed by atoms with Crippen LogP contribution >= 0.6 is 0 Å². The predicted molar refractivity (Wildman–Crippen MR) is 106 cm³/mol. The number of nitrogens with zero attached hydrogens (tertiary/aromatic N) is 3. The summed E-state index contributed by atoms with van der Waals surface area (Å²) in [5.41, 5.74) is 2.82. The maximum atomic E-state index is 12.3. The van der Waals surface area contributed by atoms with E-state index < -0.39 is 11.9 Å². The van der Waals surface area contributed by atoms with Crippen LogP contribution in [0, 0.1) is 20.8 Å². The van der Waals surface area contributed by atoms with Crippen LogP contribution < -0.4 is 0 Å². The Bertz CT molecular complexity index is 900. The Morgan fingerprint density at radius 2 is 1.48 bits per heavy atom.